The maximum Gasteiger partial charge on any atom is 0.0932 e. The van der Waals surface area contributed by atoms with Crippen LogP contribution in [-0.2, 0) is 5.41 Å². The van der Waals surface area contributed by atoms with Gasteiger partial charge in [-0.15, -0.1) is 0 Å². The molecule has 3 heteroatoms. The summed E-state index contributed by atoms with van der Waals surface area (Å²) in [5.74, 6) is 0. The molecule has 0 aliphatic heterocycles. The predicted octanol–water partition coefficient (Wildman–Crippen LogP) is 2.46. The Labute approximate surface area is 102 Å². The smallest absolute Gasteiger partial charge is 0.0932 e. The maximum atomic E-state index is 9.86. The lowest BCUT2D eigenvalue weighted by molar-refractivity contribution is 0.188. The van der Waals surface area contributed by atoms with E-state index in [0.29, 0.717) is 0 Å². The molecular formula is C14H20N2O. The number of rotatable bonds is 2. The molecule has 1 unspecified atom stereocenters. The highest BCUT2D eigenvalue weighted by molar-refractivity contribution is 5.84. The Morgan fingerprint density at radius 2 is 2.06 bits per heavy atom. The Hall–Kier alpha value is -1.32. The highest BCUT2D eigenvalue weighted by Gasteiger charge is 2.17. The van der Waals surface area contributed by atoms with Crippen LogP contribution in [0, 0.1) is 0 Å². The molecule has 4 N–H and O–H groups in total. The monoisotopic (exact) mass is 232 g/mol. The van der Waals surface area contributed by atoms with Gasteiger partial charge in [-0.05, 0) is 23.1 Å². The zero-order valence-electron chi connectivity index (χ0n) is 10.6. The van der Waals surface area contributed by atoms with E-state index in [9.17, 15) is 5.11 Å². The number of aliphatic hydroxyl groups is 1. The molecular weight excluding hydrogens is 212 g/mol. The van der Waals surface area contributed by atoms with Crippen LogP contribution in [0.15, 0.2) is 24.4 Å². The SMILES string of the molecule is CC(C)(C)c1ccc2[nH]cc(C(O)CN)c2c1. The quantitative estimate of drug-likeness (QED) is 0.744. The molecule has 2 rings (SSSR count). The van der Waals surface area contributed by atoms with Crippen molar-refractivity contribution in [3.63, 3.8) is 0 Å². The second-order valence-electron chi connectivity index (χ2n) is 5.51. The molecule has 2 aromatic rings. The second kappa shape index (κ2) is 4.17. The average Bonchev–Trinajstić information content (AvgIpc) is 2.69. The summed E-state index contributed by atoms with van der Waals surface area (Å²) in [6.07, 6.45) is 1.24. The second-order valence-corrected chi connectivity index (χ2v) is 5.51. The van der Waals surface area contributed by atoms with E-state index in [2.05, 4.69) is 44.0 Å². The van der Waals surface area contributed by atoms with Crippen LogP contribution in [0.2, 0.25) is 0 Å². The molecule has 0 radical (unpaired) electrons. The van der Waals surface area contributed by atoms with Gasteiger partial charge in [-0.2, -0.15) is 0 Å². The van der Waals surface area contributed by atoms with Crippen molar-refractivity contribution >= 4 is 10.9 Å². The van der Waals surface area contributed by atoms with E-state index in [0.717, 1.165) is 16.5 Å². The molecule has 0 saturated carbocycles. The van der Waals surface area contributed by atoms with Gasteiger partial charge in [-0.1, -0.05) is 26.8 Å². The molecule has 1 aromatic heterocycles. The van der Waals surface area contributed by atoms with Gasteiger partial charge in [0.05, 0.1) is 6.10 Å². The Morgan fingerprint density at radius 1 is 1.35 bits per heavy atom. The lowest BCUT2D eigenvalue weighted by Crippen LogP contribution is -2.12. The summed E-state index contributed by atoms with van der Waals surface area (Å²) in [6, 6.07) is 6.32. The third-order valence-corrected chi connectivity index (χ3v) is 3.16. The van der Waals surface area contributed by atoms with Gasteiger partial charge in [0.25, 0.3) is 0 Å². The lowest BCUT2D eigenvalue weighted by Gasteiger charge is -2.19. The van der Waals surface area contributed by atoms with Crippen molar-refractivity contribution in [2.75, 3.05) is 6.54 Å². The molecule has 3 nitrogen and oxygen atoms in total. The van der Waals surface area contributed by atoms with Crippen LogP contribution in [-0.4, -0.2) is 16.6 Å². The number of benzene rings is 1. The summed E-state index contributed by atoms with van der Waals surface area (Å²) in [6.45, 7) is 6.78. The number of aromatic amines is 1. The van der Waals surface area contributed by atoms with Gasteiger partial charge in [0.2, 0.25) is 0 Å². The number of fused-ring (bicyclic) bond motifs is 1. The molecule has 17 heavy (non-hydrogen) atoms. The van der Waals surface area contributed by atoms with Crippen molar-refractivity contribution in [2.45, 2.75) is 32.3 Å². The fraction of sp³-hybridized carbons (Fsp3) is 0.429. The van der Waals surface area contributed by atoms with Crippen molar-refractivity contribution in [3.8, 4) is 0 Å². The van der Waals surface area contributed by atoms with E-state index in [-0.39, 0.29) is 12.0 Å². The summed E-state index contributed by atoms with van der Waals surface area (Å²) in [7, 11) is 0. The van der Waals surface area contributed by atoms with Gasteiger partial charge in [0, 0.05) is 29.2 Å². The first-order chi connectivity index (χ1) is 7.93. The van der Waals surface area contributed by atoms with Crippen LogP contribution in [0.1, 0.15) is 38.0 Å². The molecule has 1 aromatic carbocycles. The van der Waals surface area contributed by atoms with Gasteiger partial charge in [-0.25, -0.2) is 0 Å². The van der Waals surface area contributed by atoms with Crippen molar-refractivity contribution in [3.05, 3.63) is 35.5 Å². The van der Waals surface area contributed by atoms with Crippen molar-refractivity contribution < 1.29 is 5.11 Å². The average molecular weight is 232 g/mol. The normalized spacial score (nSPS) is 14.2. The summed E-state index contributed by atoms with van der Waals surface area (Å²) in [4.78, 5) is 3.17. The molecule has 0 aliphatic rings. The molecule has 0 bridgehead atoms. The Balaban J connectivity index is 2.58. The maximum absolute atomic E-state index is 9.86. The number of H-pyrrole nitrogens is 1. The number of hydrogen-bond donors (Lipinski definition) is 3. The molecule has 0 spiro atoms. The third-order valence-electron chi connectivity index (χ3n) is 3.16. The van der Waals surface area contributed by atoms with Crippen LogP contribution >= 0.6 is 0 Å². The topological polar surface area (TPSA) is 62.0 Å². The molecule has 0 aliphatic carbocycles. The van der Waals surface area contributed by atoms with E-state index in [1.54, 1.807) is 0 Å². The van der Waals surface area contributed by atoms with Crippen LogP contribution < -0.4 is 5.73 Å². The van der Waals surface area contributed by atoms with Gasteiger partial charge < -0.3 is 15.8 Å². The first-order valence-corrected chi connectivity index (χ1v) is 5.93. The number of nitrogens with one attached hydrogen (secondary N) is 1. The minimum absolute atomic E-state index is 0.108. The summed E-state index contributed by atoms with van der Waals surface area (Å²) in [5, 5.41) is 10.9. The van der Waals surface area contributed by atoms with Crippen LogP contribution in [0.25, 0.3) is 10.9 Å². The fourth-order valence-corrected chi connectivity index (χ4v) is 2.01. The fourth-order valence-electron chi connectivity index (χ4n) is 2.01. The standard InChI is InChI=1S/C14H20N2O/c1-14(2,3)9-4-5-12-10(6-9)11(8-16-12)13(17)7-15/h4-6,8,13,16-17H,7,15H2,1-3H3. The van der Waals surface area contributed by atoms with Crippen molar-refractivity contribution in [2.24, 2.45) is 5.73 Å². The largest absolute Gasteiger partial charge is 0.387 e. The highest BCUT2D eigenvalue weighted by atomic mass is 16.3. The Kier molecular flexibility index (Phi) is 2.98. The number of nitrogens with two attached hydrogens (primary N) is 1. The zero-order valence-corrected chi connectivity index (χ0v) is 10.6. The minimum Gasteiger partial charge on any atom is -0.387 e. The number of hydrogen-bond acceptors (Lipinski definition) is 2. The summed E-state index contributed by atoms with van der Waals surface area (Å²) >= 11 is 0. The number of aliphatic hydroxyl groups excluding tert-OH is 1. The van der Waals surface area contributed by atoms with Crippen LogP contribution in [0.4, 0.5) is 0 Å². The first kappa shape index (κ1) is 12.1. The van der Waals surface area contributed by atoms with E-state index in [4.69, 9.17) is 5.73 Å². The molecule has 1 heterocycles. The highest BCUT2D eigenvalue weighted by Crippen LogP contribution is 2.29. The van der Waals surface area contributed by atoms with Gasteiger partial charge in [-0.3, -0.25) is 0 Å². The zero-order chi connectivity index (χ0) is 12.6. The first-order valence-electron chi connectivity index (χ1n) is 5.93. The van der Waals surface area contributed by atoms with E-state index in [1.807, 2.05) is 6.20 Å². The van der Waals surface area contributed by atoms with Gasteiger partial charge in [0.1, 0.15) is 0 Å². The van der Waals surface area contributed by atoms with Crippen molar-refractivity contribution in [1.29, 1.82) is 0 Å². The van der Waals surface area contributed by atoms with Gasteiger partial charge >= 0.3 is 0 Å². The summed E-state index contributed by atoms with van der Waals surface area (Å²) in [5.41, 5.74) is 8.81. The Morgan fingerprint density at radius 3 is 2.65 bits per heavy atom. The van der Waals surface area contributed by atoms with E-state index < -0.39 is 6.10 Å². The molecule has 0 fully saturated rings. The van der Waals surface area contributed by atoms with E-state index in [1.165, 1.54) is 5.56 Å². The lowest BCUT2D eigenvalue weighted by atomic mass is 9.86. The Bertz CT molecular complexity index is 522. The molecule has 1 atom stereocenters. The predicted molar refractivity (Wildman–Crippen MR) is 71.0 cm³/mol. The van der Waals surface area contributed by atoms with Crippen LogP contribution in [0.5, 0.6) is 0 Å². The molecule has 92 valence electrons. The third kappa shape index (κ3) is 2.21. The van der Waals surface area contributed by atoms with Crippen LogP contribution in [0.3, 0.4) is 0 Å². The van der Waals surface area contributed by atoms with E-state index >= 15 is 0 Å². The molecule has 0 saturated heterocycles. The molecule has 0 amide bonds. The van der Waals surface area contributed by atoms with Gasteiger partial charge in [0.15, 0.2) is 0 Å². The van der Waals surface area contributed by atoms with Crippen molar-refractivity contribution in [1.82, 2.24) is 4.98 Å². The number of aromatic nitrogens is 1. The minimum atomic E-state index is -0.598. The summed E-state index contributed by atoms with van der Waals surface area (Å²) < 4.78 is 0.